The molecule has 0 spiro atoms. The zero-order valence-corrected chi connectivity index (χ0v) is 11.9. The third-order valence-electron chi connectivity index (χ3n) is 3.11. The number of anilines is 2. The lowest BCUT2D eigenvalue weighted by Crippen LogP contribution is -2.08. The molecule has 0 radical (unpaired) electrons. The molecule has 0 aromatic heterocycles. The molecule has 110 valence electrons. The first kappa shape index (κ1) is 14.6. The van der Waals surface area contributed by atoms with E-state index in [1.165, 1.54) is 12.1 Å². The van der Waals surface area contributed by atoms with Crippen molar-refractivity contribution < 1.29 is 10.0 Å². The molecule has 0 atom stereocenters. The fraction of sp³-hybridized carbons (Fsp3) is 0.200. The minimum Gasteiger partial charge on any atom is -0.508 e. The Labute approximate surface area is 122 Å². The molecule has 0 unspecified atom stereocenters. The Balaban J connectivity index is 2.11. The normalized spacial score (nSPS) is 10.2. The molecule has 2 aromatic rings. The van der Waals surface area contributed by atoms with Gasteiger partial charge in [-0.3, -0.25) is 10.1 Å². The van der Waals surface area contributed by atoms with Crippen LogP contribution in [0.15, 0.2) is 42.5 Å². The molecule has 0 aliphatic heterocycles. The molecular weight excluding hydrogens is 270 g/mol. The van der Waals surface area contributed by atoms with Gasteiger partial charge in [-0.1, -0.05) is 12.1 Å². The molecule has 6 nitrogen and oxygen atoms in total. The number of hydrogen-bond donors (Lipinski definition) is 2. The van der Waals surface area contributed by atoms with Crippen molar-refractivity contribution in [2.75, 3.05) is 24.3 Å². The van der Waals surface area contributed by atoms with Crippen molar-refractivity contribution in [3.63, 3.8) is 0 Å². The van der Waals surface area contributed by atoms with Crippen molar-refractivity contribution in [2.45, 2.75) is 6.54 Å². The minimum absolute atomic E-state index is 0.123. The highest BCUT2D eigenvalue weighted by atomic mass is 16.6. The number of aromatic hydroxyl groups is 1. The number of nitrogens with zero attached hydrogens (tertiary/aromatic N) is 2. The molecule has 2 N–H and O–H groups in total. The number of nitrogens with one attached hydrogen (secondary N) is 1. The molecule has 21 heavy (non-hydrogen) atoms. The zero-order valence-electron chi connectivity index (χ0n) is 11.9. The van der Waals surface area contributed by atoms with E-state index in [4.69, 9.17) is 0 Å². The molecule has 2 rings (SSSR count). The smallest absolute Gasteiger partial charge is 0.296 e. The van der Waals surface area contributed by atoms with Gasteiger partial charge in [0, 0.05) is 26.3 Å². The molecule has 0 amide bonds. The number of nitro groups is 1. The van der Waals surface area contributed by atoms with Gasteiger partial charge in [-0.25, -0.2) is 0 Å². The van der Waals surface area contributed by atoms with Crippen LogP contribution in [-0.2, 0) is 6.54 Å². The molecule has 0 bridgehead atoms. The van der Waals surface area contributed by atoms with E-state index in [0.29, 0.717) is 12.2 Å². The van der Waals surface area contributed by atoms with Crippen LogP contribution in [-0.4, -0.2) is 24.1 Å². The standard InChI is InChI=1S/C15H17N3O3/c1-17(2)12-5-3-11(4-6-12)10-16-14-8-7-13(19)9-15(14)18(20)21/h3-9,16,19H,10H2,1-2H3. The summed E-state index contributed by atoms with van der Waals surface area (Å²) in [5, 5.41) is 23.3. The van der Waals surface area contributed by atoms with Crippen molar-refractivity contribution in [3.05, 3.63) is 58.1 Å². The second kappa shape index (κ2) is 6.13. The van der Waals surface area contributed by atoms with Gasteiger partial charge in [0.05, 0.1) is 11.0 Å². The van der Waals surface area contributed by atoms with Crippen LogP contribution in [0.4, 0.5) is 17.1 Å². The summed E-state index contributed by atoms with van der Waals surface area (Å²) < 4.78 is 0. The number of nitro benzene ring substituents is 1. The summed E-state index contributed by atoms with van der Waals surface area (Å²) in [6.45, 7) is 0.472. The lowest BCUT2D eigenvalue weighted by atomic mass is 10.2. The first-order valence-corrected chi connectivity index (χ1v) is 6.45. The van der Waals surface area contributed by atoms with Gasteiger partial charge < -0.3 is 15.3 Å². The molecule has 0 saturated carbocycles. The van der Waals surface area contributed by atoms with E-state index < -0.39 is 4.92 Å². The Morgan fingerprint density at radius 3 is 2.43 bits per heavy atom. The minimum atomic E-state index is -0.517. The molecule has 2 aromatic carbocycles. The number of phenolic OH excluding ortho intramolecular Hbond substituents is 1. The SMILES string of the molecule is CN(C)c1ccc(CNc2ccc(O)cc2[N+](=O)[O-])cc1. The van der Waals surface area contributed by atoms with Gasteiger partial charge in [0.25, 0.3) is 5.69 Å². The van der Waals surface area contributed by atoms with Crippen molar-refractivity contribution >= 4 is 17.1 Å². The van der Waals surface area contributed by atoms with E-state index in [-0.39, 0.29) is 11.4 Å². The average molecular weight is 287 g/mol. The van der Waals surface area contributed by atoms with Gasteiger partial charge in [-0.2, -0.15) is 0 Å². The molecular formula is C15H17N3O3. The van der Waals surface area contributed by atoms with Crippen molar-refractivity contribution in [1.29, 1.82) is 0 Å². The fourth-order valence-corrected chi connectivity index (χ4v) is 1.93. The maximum absolute atomic E-state index is 11.0. The summed E-state index contributed by atoms with van der Waals surface area (Å²) in [6, 6.07) is 12.0. The number of phenols is 1. The third kappa shape index (κ3) is 3.62. The first-order valence-electron chi connectivity index (χ1n) is 6.45. The van der Waals surface area contributed by atoms with Crippen molar-refractivity contribution in [3.8, 4) is 5.75 Å². The van der Waals surface area contributed by atoms with Gasteiger partial charge in [0.1, 0.15) is 11.4 Å². The van der Waals surface area contributed by atoms with E-state index in [1.807, 2.05) is 43.3 Å². The Kier molecular flexibility index (Phi) is 4.27. The van der Waals surface area contributed by atoms with Crippen LogP contribution in [0.5, 0.6) is 5.75 Å². The molecule has 0 aliphatic rings. The van der Waals surface area contributed by atoms with E-state index in [9.17, 15) is 15.2 Å². The lowest BCUT2D eigenvalue weighted by molar-refractivity contribution is -0.384. The van der Waals surface area contributed by atoms with Crippen molar-refractivity contribution in [2.24, 2.45) is 0 Å². The predicted octanol–water partition coefficient (Wildman–Crippen LogP) is 2.98. The Bertz CT molecular complexity index is 639. The lowest BCUT2D eigenvalue weighted by Gasteiger charge is -2.13. The van der Waals surface area contributed by atoms with Crippen LogP contribution >= 0.6 is 0 Å². The van der Waals surface area contributed by atoms with Crippen LogP contribution in [0.2, 0.25) is 0 Å². The molecule has 0 aliphatic carbocycles. The van der Waals surface area contributed by atoms with Crippen LogP contribution in [0.1, 0.15) is 5.56 Å². The van der Waals surface area contributed by atoms with Crippen LogP contribution in [0.25, 0.3) is 0 Å². The number of benzene rings is 2. The summed E-state index contributed by atoms with van der Waals surface area (Å²) in [6.07, 6.45) is 0. The number of hydrogen-bond acceptors (Lipinski definition) is 5. The monoisotopic (exact) mass is 287 g/mol. The van der Waals surface area contributed by atoms with Crippen LogP contribution in [0.3, 0.4) is 0 Å². The maximum Gasteiger partial charge on any atom is 0.296 e. The van der Waals surface area contributed by atoms with E-state index in [1.54, 1.807) is 0 Å². The summed E-state index contributed by atoms with van der Waals surface area (Å²) in [5.74, 6) is -0.123. The Morgan fingerprint density at radius 2 is 1.86 bits per heavy atom. The van der Waals surface area contributed by atoms with Crippen molar-refractivity contribution in [1.82, 2.24) is 0 Å². The second-order valence-corrected chi connectivity index (χ2v) is 4.87. The summed E-state index contributed by atoms with van der Waals surface area (Å²) >= 11 is 0. The highest BCUT2D eigenvalue weighted by Gasteiger charge is 2.14. The largest absolute Gasteiger partial charge is 0.508 e. The first-order chi connectivity index (χ1) is 9.97. The molecule has 6 heteroatoms. The number of rotatable bonds is 5. The van der Waals surface area contributed by atoms with Gasteiger partial charge in [-0.05, 0) is 29.8 Å². The Morgan fingerprint density at radius 1 is 1.19 bits per heavy atom. The Hall–Kier alpha value is -2.76. The fourth-order valence-electron chi connectivity index (χ4n) is 1.93. The van der Waals surface area contributed by atoms with E-state index in [0.717, 1.165) is 17.3 Å². The summed E-state index contributed by atoms with van der Waals surface area (Å²) in [5.41, 5.74) is 2.35. The highest BCUT2D eigenvalue weighted by Crippen LogP contribution is 2.28. The topological polar surface area (TPSA) is 78.6 Å². The summed E-state index contributed by atoms with van der Waals surface area (Å²) in [4.78, 5) is 12.4. The zero-order chi connectivity index (χ0) is 15.4. The molecule has 0 fully saturated rings. The maximum atomic E-state index is 11.0. The van der Waals surface area contributed by atoms with E-state index >= 15 is 0 Å². The van der Waals surface area contributed by atoms with Crippen LogP contribution < -0.4 is 10.2 Å². The quantitative estimate of drug-likeness (QED) is 0.502. The van der Waals surface area contributed by atoms with Crippen LogP contribution in [0, 0.1) is 10.1 Å². The van der Waals surface area contributed by atoms with E-state index in [2.05, 4.69) is 5.32 Å². The second-order valence-electron chi connectivity index (χ2n) is 4.87. The summed E-state index contributed by atoms with van der Waals surface area (Å²) in [7, 11) is 3.93. The molecule has 0 saturated heterocycles. The molecule has 0 heterocycles. The van der Waals surface area contributed by atoms with Gasteiger partial charge >= 0.3 is 0 Å². The highest BCUT2D eigenvalue weighted by molar-refractivity contribution is 5.63. The van der Waals surface area contributed by atoms with Gasteiger partial charge in [0.2, 0.25) is 0 Å². The third-order valence-corrected chi connectivity index (χ3v) is 3.11. The predicted molar refractivity (Wildman–Crippen MR) is 82.9 cm³/mol. The average Bonchev–Trinajstić information content (AvgIpc) is 2.46. The van der Waals surface area contributed by atoms with Gasteiger partial charge in [-0.15, -0.1) is 0 Å². The van der Waals surface area contributed by atoms with Gasteiger partial charge in [0.15, 0.2) is 0 Å².